The van der Waals surface area contributed by atoms with Crippen LogP contribution >= 0.6 is 0 Å². The highest BCUT2D eigenvalue weighted by atomic mass is 19.4. The van der Waals surface area contributed by atoms with Crippen molar-refractivity contribution in [2.45, 2.75) is 26.9 Å². The van der Waals surface area contributed by atoms with Gasteiger partial charge in [0.1, 0.15) is 6.07 Å². The van der Waals surface area contributed by atoms with Crippen LogP contribution < -0.4 is 0 Å². The predicted molar refractivity (Wildman–Crippen MR) is 235 cm³/mol. The molecular formula is C53H36F3N3. The molecule has 0 radical (unpaired) electrons. The Kier molecular flexibility index (Phi) is 8.33. The highest BCUT2D eigenvalue weighted by Gasteiger charge is 2.32. The smallest absolute Gasteiger partial charge is 0.309 e. The second-order valence-corrected chi connectivity index (χ2v) is 15.5. The summed E-state index contributed by atoms with van der Waals surface area (Å²) in [5, 5.41) is 15.1. The zero-order valence-corrected chi connectivity index (χ0v) is 32.6. The molecule has 0 saturated heterocycles. The number of aryl methyl sites for hydroxylation is 3. The molecule has 0 aliphatic heterocycles. The quantitative estimate of drug-likeness (QED) is 0.172. The molecule has 284 valence electrons. The van der Waals surface area contributed by atoms with Gasteiger partial charge in [0.2, 0.25) is 0 Å². The molecule has 2 heterocycles. The summed E-state index contributed by atoms with van der Waals surface area (Å²) in [6.07, 6.45) is -4.56. The number of rotatable bonds is 5. The molecule has 0 unspecified atom stereocenters. The number of hydrogen-bond donors (Lipinski definition) is 0. The van der Waals surface area contributed by atoms with Crippen molar-refractivity contribution in [3.63, 3.8) is 0 Å². The monoisotopic (exact) mass is 771 g/mol. The van der Waals surface area contributed by atoms with E-state index in [2.05, 4.69) is 120 Å². The Balaban J connectivity index is 1.29. The molecule has 59 heavy (non-hydrogen) atoms. The van der Waals surface area contributed by atoms with Crippen LogP contribution in [0.4, 0.5) is 13.2 Å². The summed E-state index contributed by atoms with van der Waals surface area (Å²) in [7, 11) is 0. The molecule has 0 atom stereocenters. The van der Waals surface area contributed by atoms with Gasteiger partial charge in [0.25, 0.3) is 0 Å². The highest BCUT2D eigenvalue weighted by molar-refractivity contribution is 6.12. The molecule has 6 heteroatoms. The van der Waals surface area contributed by atoms with Gasteiger partial charge in [-0.1, -0.05) is 114 Å². The van der Waals surface area contributed by atoms with E-state index in [1.165, 1.54) is 12.1 Å². The second-order valence-electron chi connectivity index (χ2n) is 15.5. The number of hydrogen-bond acceptors (Lipinski definition) is 1. The third-order valence-corrected chi connectivity index (χ3v) is 11.5. The van der Waals surface area contributed by atoms with Gasteiger partial charge in [0.15, 0.2) is 0 Å². The maximum atomic E-state index is 14.6. The summed E-state index contributed by atoms with van der Waals surface area (Å²) >= 11 is 0. The molecule has 0 aliphatic rings. The average molecular weight is 772 g/mol. The molecule has 3 nitrogen and oxygen atoms in total. The van der Waals surface area contributed by atoms with Crippen molar-refractivity contribution in [2.24, 2.45) is 0 Å². The lowest BCUT2D eigenvalue weighted by Crippen LogP contribution is -2.07. The summed E-state index contributed by atoms with van der Waals surface area (Å²) in [6, 6.07) is 56.1. The molecule has 0 bridgehead atoms. The van der Waals surface area contributed by atoms with E-state index in [9.17, 15) is 18.4 Å². The van der Waals surface area contributed by atoms with Crippen LogP contribution in [0.5, 0.6) is 0 Å². The Morgan fingerprint density at radius 1 is 0.424 bits per heavy atom. The SMILES string of the molecule is Cc1cccc(-c2ccc3c(c2)c2ccccc2n3-c2cc(-c3cc(C)cc(C(F)(F)F)c3)c(-n3c4ccccc4c4cc(-c5cccc(C)c5)ccc43)cc2C#N)c1. The van der Waals surface area contributed by atoms with Crippen LogP contribution in [0.15, 0.2) is 164 Å². The van der Waals surface area contributed by atoms with Crippen molar-refractivity contribution in [1.82, 2.24) is 9.13 Å². The van der Waals surface area contributed by atoms with Gasteiger partial charge in [0.05, 0.1) is 44.6 Å². The van der Waals surface area contributed by atoms with Gasteiger partial charge in [-0.3, -0.25) is 0 Å². The van der Waals surface area contributed by atoms with Gasteiger partial charge < -0.3 is 9.13 Å². The van der Waals surface area contributed by atoms with Gasteiger partial charge in [-0.2, -0.15) is 18.4 Å². The summed E-state index contributed by atoms with van der Waals surface area (Å²) < 4.78 is 47.8. The fourth-order valence-electron chi connectivity index (χ4n) is 8.84. The van der Waals surface area contributed by atoms with Crippen molar-refractivity contribution in [1.29, 1.82) is 5.26 Å². The minimum atomic E-state index is -4.56. The van der Waals surface area contributed by atoms with Crippen LogP contribution in [0.2, 0.25) is 0 Å². The molecule has 0 aliphatic carbocycles. The van der Waals surface area contributed by atoms with E-state index < -0.39 is 11.7 Å². The van der Waals surface area contributed by atoms with E-state index in [1.54, 1.807) is 13.0 Å². The number of aromatic nitrogens is 2. The summed E-state index contributed by atoms with van der Waals surface area (Å²) in [5.41, 5.74) is 12.5. The number of fused-ring (bicyclic) bond motifs is 6. The fraction of sp³-hybridized carbons (Fsp3) is 0.0755. The molecule has 0 saturated carbocycles. The van der Waals surface area contributed by atoms with Crippen LogP contribution in [0.25, 0.3) is 88.4 Å². The van der Waals surface area contributed by atoms with Crippen molar-refractivity contribution in [2.75, 3.05) is 0 Å². The third-order valence-electron chi connectivity index (χ3n) is 11.5. The second kappa shape index (κ2) is 13.6. The Labute approximate surface area is 339 Å². The number of halogens is 3. The molecule has 0 amide bonds. The maximum Gasteiger partial charge on any atom is 0.416 e. The number of benzene rings is 8. The fourth-order valence-corrected chi connectivity index (χ4v) is 8.84. The summed E-state index contributed by atoms with van der Waals surface area (Å²) in [4.78, 5) is 0. The largest absolute Gasteiger partial charge is 0.416 e. The zero-order chi connectivity index (χ0) is 40.6. The van der Waals surface area contributed by atoms with Crippen molar-refractivity contribution >= 4 is 43.6 Å². The predicted octanol–water partition coefficient (Wildman–Crippen LogP) is 14.7. The first-order valence-corrected chi connectivity index (χ1v) is 19.5. The number of nitriles is 1. The van der Waals surface area contributed by atoms with E-state index in [0.29, 0.717) is 33.6 Å². The Morgan fingerprint density at radius 3 is 1.44 bits per heavy atom. The van der Waals surface area contributed by atoms with Gasteiger partial charge in [-0.25, -0.2) is 0 Å². The average Bonchev–Trinajstić information content (AvgIpc) is 3.74. The molecule has 8 aromatic carbocycles. The Bertz CT molecular complexity index is 3370. The normalized spacial score (nSPS) is 11.9. The standard InChI is InChI=1S/C53H36F3N3/c1-32-10-8-12-35(22-32)37-18-20-49-45(27-37)42-14-4-6-16-47(42)58(49)51-30-44(39-24-34(3)25-41(26-39)53(54,55)56)52(29-40(51)31-57)59-48-17-7-5-15-43(48)46-28-38(19-21-50(46)59)36-13-9-11-33(2)23-36/h4-30H,1-3H3. The van der Waals surface area contributed by atoms with Crippen molar-refractivity contribution in [3.8, 4) is 50.8 Å². The first kappa shape index (κ1) is 36.0. The highest BCUT2D eigenvalue weighted by Crippen LogP contribution is 2.43. The molecular weight excluding hydrogens is 736 g/mol. The number of para-hydroxylation sites is 2. The van der Waals surface area contributed by atoms with Crippen LogP contribution in [0.1, 0.15) is 27.8 Å². The van der Waals surface area contributed by atoms with Crippen molar-refractivity contribution in [3.05, 3.63) is 192 Å². The van der Waals surface area contributed by atoms with Crippen LogP contribution in [0, 0.1) is 32.1 Å². The van der Waals surface area contributed by atoms with Gasteiger partial charge >= 0.3 is 6.18 Å². The number of nitrogens with zero attached hydrogens (tertiary/aromatic N) is 3. The molecule has 10 rings (SSSR count). The first-order valence-electron chi connectivity index (χ1n) is 19.5. The Hall–Kier alpha value is -7.36. The van der Waals surface area contributed by atoms with E-state index in [1.807, 2.05) is 54.6 Å². The molecule has 0 fully saturated rings. The lowest BCUT2D eigenvalue weighted by atomic mass is 9.96. The van der Waals surface area contributed by atoms with Crippen molar-refractivity contribution < 1.29 is 13.2 Å². The first-order chi connectivity index (χ1) is 28.6. The van der Waals surface area contributed by atoms with Gasteiger partial charge in [0, 0.05) is 27.1 Å². The van der Waals surface area contributed by atoms with E-state index in [-0.39, 0.29) is 0 Å². The van der Waals surface area contributed by atoms with Crippen LogP contribution in [0.3, 0.4) is 0 Å². The van der Waals surface area contributed by atoms with Crippen LogP contribution in [-0.4, -0.2) is 9.13 Å². The molecule has 0 N–H and O–H groups in total. The summed E-state index contributed by atoms with van der Waals surface area (Å²) in [6.45, 7) is 5.84. The lowest BCUT2D eigenvalue weighted by Gasteiger charge is -2.20. The van der Waals surface area contributed by atoms with E-state index in [0.717, 1.165) is 77.0 Å². The minimum Gasteiger partial charge on any atom is -0.309 e. The van der Waals surface area contributed by atoms with E-state index >= 15 is 0 Å². The third kappa shape index (κ3) is 6.06. The molecule has 0 spiro atoms. The summed E-state index contributed by atoms with van der Waals surface area (Å²) in [5.74, 6) is 0. The molecule has 2 aromatic heterocycles. The Morgan fingerprint density at radius 2 is 0.915 bits per heavy atom. The van der Waals surface area contributed by atoms with Gasteiger partial charge in [-0.05, 0) is 115 Å². The lowest BCUT2D eigenvalue weighted by molar-refractivity contribution is -0.137. The van der Waals surface area contributed by atoms with E-state index in [4.69, 9.17) is 0 Å². The maximum absolute atomic E-state index is 14.6. The number of alkyl halides is 3. The minimum absolute atomic E-state index is 0.389. The molecule has 10 aromatic rings. The van der Waals surface area contributed by atoms with Crippen LogP contribution in [-0.2, 0) is 6.18 Å². The topological polar surface area (TPSA) is 33.6 Å². The zero-order valence-electron chi connectivity index (χ0n) is 32.6. The van der Waals surface area contributed by atoms with Gasteiger partial charge in [-0.15, -0.1) is 0 Å².